The lowest BCUT2D eigenvalue weighted by atomic mass is 10.00. The highest BCUT2D eigenvalue weighted by molar-refractivity contribution is 6.30. The number of H-pyrrole nitrogens is 1. The van der Waals surface area contributed by atoms with E-state index in [1.54, 1.807) is 11.6 Å². The molecule has 0 atom stereocenters. The second kappa shape index (κ2) is 9.53. The summed E-state index contributed by atoms with van der Waals surface area (Å²) in [5, 5.41) is 12.9. The number of pyridine rings is 1. The molecular formula is C27H26ClN5O. The van der Waals surface area contributed by atoms with Gasteiger partial charge in [-0.3, -0.25) is 9.89 Å². The summed E-state index contributed by atoms with van der Waals surface area (Å²) in [6, 6.07) is 15.2. The number of aromatic amines is 1. The number of rotatable bonds is 5. The maximum Gasteiger partial charge on any atom is 0.258 e. The molecule has 0 aliphatic rings. The third kappa shape index (κ3) is 4.72. The van der Waals surface area contributed by atoms with Crippen LogP contribution in [0.1, 0.15) is 19.4 Å². The molecule has 2 N–H and O–H groups in total. The van der Waals surface area contributed by atoms with Gasteiger partial charge in [-0.15, -0.1) is 5.10 Å². The molecule has 0 amide bonds. The van der Waals surface area contributed by atoms with E-state index < -0.39 is 0 Å². The van der Waals surface area contributed by atoms with E-state index in [1.165, 1.54) is 0 Å². The molecule has 2 aromatic carbocycles. The molecule has 4 rings (SSSR count). The quantitative estimate of drug-likeness (QED) is 0.442. The van der Waals surface area contributed by atoms with E-state index in [0.29, 0.717) is 22.4 Å². The van der Waals surface area contributed by atoms with Gasteiger partial charge in [0.1, 0.15) is 0 Å². The van der Waals surface area contributed by atoms with Crippen LogP contribution in [0.5, 0.6) is 0 Å². The van der Waals surface area contributed by atoms with Crippen LogP contribution in [0.3, 0.4) is 0 Å². The first kappa shape index (κ1) is 23.3. The zero-order valence-corrected chi connectivity index (χ0v) is 20.4. The Balaban J connectivity index is 1.74. The van der Waals surface area contributed by atoms with Crippen LogP contribution in [-0.2, 0) is 7.05 Å². The molecule has 0 unspecified atom stereocenters. The van der Waals surface area contributed by atoms with Crippen molar-refractivity contribution in [2.24, 2.45) is 7.05 Å². The van der Waals surface area contributed by atoms with Crippen LogP contribution in [0.25, 0.3) is 34.7 Å². The smallest absolute Gasteiger partial charge is 0.258 e. The van der Waals surface area contributed by atoms with Crippen LogP contribution in [0.2, 0.25) is 5.02 Å². The summed E-state index contributed by atoms with van der Waals surface area (Å²) < 4.78 is 1.67. The summed E-state index contributed by atoms with van der Waals surface area (Å²) in [4.78, 5) is 17.8. The molecule has 0 spiro atoms. The monoisotopic (exact) mass is 471 g/mol. The largest absolute Gasteiger partial charge is 0.323 e. The van der Waals surface area contributed by atoms with Gasteiger partial charge in [0.2, 0.25) is 5.95 Å². The summed E-state index contributed by atoms with van der Waals surface area (Å²) in [5.74, 6) is 1.03. The van der Waals surface area contributed by atoms with E-state index in [1.807, 2.05) is 81.5 Å². The molecule has 2 heterocycles. The van der Waals surface area contributed by atoms with E-state index in [0.717, 1.165) is 38.5 Å². The molecule has 7 heteroatoms. The zero-order valence-electron chi connectivity index (χ0n) is 19.6. The second-order valence-corrected chi connectivity index (χ2v) is 8.65. The minimum atomic E-state index is -0.0699. The SMILES string of the molecule is C=C(C)/C=c1\c(=C/C)cc(-c2cc(Nc3n[nH]c(-c4cccc(Cl)c4)n3)ccc2C)c(=O)n1C. The van der Waals surface area contributed by atoms with Crippen LogP contribution in [-0.4, -0.2) is 19.7 Å². The van der Waals surface area contributed by atoms with Gasteiger partial charge < -0.3 is 9.88 Å². The number of nitrogens with zero attached hydrogens (tertiary/aromatic N) is 3. The van der Waals surface area contributed by atoms with Crippen molar-refractivity contribution in [3.63, 3.8) is 0 Å². The lowest BCUT2D eigenvalue weighted by Gasteiger charge is -2.11. The van der Waals surface area contributed by atoms with Crippen LogP contribution in [0.4, 0.5) is 11.6 Å². The highest BCUT2D eigenvalue weighted by Crippen LogP contribution is 2.26. The molecule has 0 bridgehead atoms. The Labute approximate surface area is 203 Å². The Morgan fingerprint density at radius 2 is 1.97 bits per heavy atom. The van der Waals surface area contributed by atoms with Crippen LogP contribution >= 0.6 is 11.6 Å². The third-order valence-corrected chi connectivity index (χ3v) is 5.79. The zero-order chi connectivity index (χ0) is 24.4. The van der Waals surface area contributed by atoms with Crippen LogP contribution < -0.4 is 21.4 Å². The van der Waals surface area contributed by atoms with Crippen LogP contribution in [0.15, 0.2) is 65.5 Å². The van der Waals surface area contributed by atoms with Gasteiger partial charge in [0.15, 0.2) is 5.82 Å². The molecule has 0 aliphatic heterocycles. The first-order chi connectivity index (χ1) is 16.3. The van der Waals surface area contributed by atoms with E-state index in [-0.39, 0.29) is 5.56 Å². The summed E-state index contributed by atoms with van der Waals surface area (Å²) in [5.41, 5.74) is 4.91. The van der Waals surface area contributed by atoms with Gasteiger partial charge in [0, 0.05) is 28.9 Å². The summed E-state index contributed by atoms with van der Waals surface area (Å²) in [7, 11) is 1.79. The average Bonchev–Trinajstić information content (AvgIpc) is 3.27. The summed E-state index contributed by atoms with van der Waals surface area (Å²) in [6.07, 6.45) is 3.92. The third-order valence-electron chi connectivity index (χ3n) is 5.55. The maximum atomic E-state index is 13.3. The van der Waals surface area contributed by atoms with Crippen molar-refractivity contribution in [2.45, 2.75) is 20.8 Å². The summed E-state index contributed by atoms with van der Waals surface area (Å²) >= 11 is 6.09. The Kier molecular flexibility index (Phi) is 6.52. The van der Waals surface area contributed by atoms with E-state index in [9.17, 15) is 4.79 Å². The van der Waals surface area contributed by atoms with Crippen molar-refractivity contribution < 1.29 is 0 Å². The number of hydrogen-bond acceptors (Lipinski definition) is 4. The van der Waals surface area contributed by atoms with Gasteiger partial charge in [-0.25, -0.2) is 0 Å². The highest BCUT2D eigenvalue weighted by Gasteiger charge is 2.12. The molecule has 0 radical (unpaired) electrons. The maximum absolute atomic E-state index is 13.3. The van der Waals surface area contributed by atoms with Crippen molar-refractivity contribution in [2.75, 3.05) is 5.32 Å². The minimum absolute atomic E-state index is 0.0699. The number of hydrogen-bond donors (Lipinski definition) is 2. The van der Waals surface area contributed by atoms with Gasteiger partial charge in [-0.2, -0.15) is 4.98 Å². The van der Waals surface area contributed by atoms with Crippen molar-refractivity contribution >= 4 is 35.4 Å². The van der Waals surface area contributed by atoms with Gasteiger partial charge in [-0.1, -0.05) is 48.0 Å². The lowest BCUT2D eigenvalue weighted by molar-refractivity contribution is 0.820. The predicted molar refractivity (Wildman–Crippen MR) is 141 cm³/mol. The number of halogens is 1. The topological polar surface area (TPSA) is 75.6 Å². The van der Waals surface area contributed by atoms with Crippen LogP contribution in [0, 0.1) is 6.92 Å². The van der Waals surface area contributed by atoms with Crippen molar-refractivity contribution in [1.29, 1.82) is 0 Å². The van der Waals surface area contributed by atoms with E-state index in [4.69, 9.17) is 11.6 Å². The number of benzene rings is 2. The molecule has 0 saturated carbocycles. The fourth-order valence-corrected chi connectivity index (χ4v) is 4.00. The molecule has 172 valence electrons. The van der Waals surface area contributed by atoms with Gasteiger partial charge in [-0.05, 0) is 73.5 Å². The van der Waals surface area contributed by atoms with Gasteiger partial charge >= 0.3 is 0 Å². The standard InChI is InChI=1S/C27H26ClN5O/c1-6-18-14-23(26(34)33(5)24(18)12-16(2)3)22-15-21(11-10-17(22)4)29-27-30-25(31-32-27)19-8-7-9-20(28)13-19/h6-15H,2H2,1,3-5H3,(H2,29,30,31,32)/b18-6-,24-12+. The Morgan fingerprint density at radius 3 is 2.68 bits per heavy atom. The van der Waals surface area contributed by atoms with E-state index in [2.05, 4.69) is 27.1 Å². The Bertz CT molecular complexity index is 1580. The molecule has 0 saturated heterocycles. The fourth-order valence-electron chi connectivity index (χ4n) is 3.81. The lowest BCUT2D eigenvalue weighted by Crippen LogP contribution is -2.42. The first-order valence-electron chi connectivity index (χ1n) is 10.9. The van der Waals surface area contributed by atoms with E-state index >= 15 is 0 Å². The number of allylic oxidation sites excluding steroid dienone is 1. The number of anilines is 2. The molecule has 6 nitrogen and oxygen atoms in total. The Morgan fingerprint density at radius 1 is 1.18 bits per heavy atom. The van der Waals surface area contributed by atoms with Crippen molar-refractivity contribution in [3.8, 4) is 22.5 Å². The predicted octanol–water partition coefficient (Wildman–Crippen LogP) is 4.70. The fraction of sp³-hybridized carbons (Fsp3) is 0.148. The highest BCUT2D eigenvalue weighted by atomic mass is 35.5. The molecule has 0 aliphatic carbocycles. The summed E-state index contributed by atoms with van der Waals surface area (Å²) in [6.45, 7) is 9.82. The Hall–Kier alpha value is -3.90. The molecule has 0 fully saturated rings. The van der Waals surface area contributed by atoms with Crippen molar-refractivity contribution in [3.05, 3.63) is 92.2 Å². The number of aromatic nitrogens is 4. The normalized spacial score (nSPS) is 12.3. The van der Waals surface area contributed by atoms with Gasteiger partial charge in [0.25, 0.3) is 5.56 Å². The molecule has 34 heavy (non-hydrogen) atoms. The van der Waals surface area contributed by atoms with Crippen molar-refractivity contribution in [1.82, 2.24) is 19.7 Å². The molecule has 2 aromatic heterocycles. The molecule has 4 aromatic rings. The first-order valence-corrected chi connectivity index (χ1v) is 11.2. The minimum Gasteiger partial charge on any atom is -0.323 e. The molecular weight excluding hydrogens is 446 g/mol. The average molecular weight is 472 g/mol. The second-order valence-electron chi connectivity index (χ2n) is 8.21. The van der Waals surface area contributed by atoms with Gasteiger partial charge in [0.05, 0.1) is 5.35 Å². The number of aryl methyl sites for hydroxylation is 1. The number of nitrogens with one attached hydrogen (secondary N) is 2.